The number of rotatable bonds is 0. The molecule has 1 heteroatoms. The van der Waals surface area contributed by atoms with Gasteiger partial charge in [-0.2, -0.15) is 0 Å². The largest absolute Gasteiger partial charge is 0.0843 e. The standard InChI is InChI=1S/C6H5Cl.C6H12/c7-6-4-2-1-3-5-6;1-2-4-6-5-3-1/h1-5H;1-6H2. The molecule has 0 atom stereocenters. The van der Waals surface area contributed by atoms with Crippen LogP contribution in [0.15, 0.2) is 30.3 Å². The molecule has 0 aromatic heterocycles. The SMILES string of the molecule is C1CCCCC1.Clc1ccccc1. The molecule has 0 nitrogen and oxygen atoms in total. The Labute approximate surface area is 85.9 Å². The van der Waals surface area contributed by atoms with Crippen molar-refractivity contribution in [3.63, 3.8) is 0 Å². The van der Waals surface area contributed by atoms with E-state index in [4.69, 9.17) is 11.6 Å². The third-order valence-electron chi connectivity index (χ3n) is 2.23. The molecule has 0 aliphatic heterocycles. The molecule has 0 amide bonds. The third-order valence-corrected chi connectivity index (χ3v) is 2.49. The van der Waals surface area contributed by atoms with Gasteiger partial charge in [-0.1, -0.05) is 68.3 Å². The summed E-state index contributed by atoms with van der Waals surface area (Å²) in [5.41, 5.74) is 0. The van der Waals surface area contributed by atoms with Gasteiger partial charge in [0.1, 0.15) is 0 Å². The van der Waals surface area contributed by atoms with Crippen LogP contribution in [0.25, 0.3) is 0 Å². The molecule has 0 bridgehead atoms. The molecule has 0 saturated heterocycles. The molecule has 2 rings (SSSR count). The maximum atomic E-state index is 5.54. The first-order valence-electron chi connectivity index (χ1n) is 5.10. The molecular formula is C12H17Cl. The molecule has 72 valence electrons. The van der Waals surface area contributed by atoms with Gasteiger partial charge in [0.05, 0.1) is 0 Å². The van der Waals surface area contributed by atoms with Gasteiger partial charge in [-0.05, 0) is 12.1 Å². The quantitative estimate of drug-likeness (QED) is 0.565. The van der Waals surface area contributed by atoms with Gasteiger partial charge in [0.25, 0.3) is 0 Å². The molecule has 13 heavy (non-hydrogen) atoms. The fourth-order valence-electron chi connectivity index (χ4n) is 1.48. The third kappa shape index (κ3) is 5.70. The summed E-state index contributed by atoms with van der Waals surface area (Å²) in [6.07, 6.45) is 9.00. The highest BCUT2D eigenvalue weighted by molar-refractivity contribution is 6.30. The first-order chi connectivity index (χ1) is 6.39. The smallest absolute Gasteiger partial charge is 0.0405 e. The van der Waals surface area contributed by atoms with E-state index in [-0.39, 0.29) is 0 Å². The van der Waals surface area contributed by atoms with Gasteiger partial charge >= 0.3 is 0 Å². The van der Waals surface area contributed by atoms with Crippen LogP contribution in [0.4, 0.5) is 0 Å². The average Bonchev–Trinajstić information content (AvgIpc) is 2.22. The zero-order valence-corrected chi connectivity index (χ0v) is 8.76. The monoisotopic (exact) mass is 196 g/mol. The van der Waals surface area contributed by atoms with Crippen LogP contribution in [0.5, 0.6) is 0 Å². The first-order valence-corrected chi connectivity index (χ1v) is 5.48. The van der Waals surface area contributed by atoms with E-state index < -0.39 is 0 Å². The second-order valence-corrected chi connectivity index (χ2v) is 3.85. The Bertz CT molecular complexity index is 190. The van der Waals surface area contributed by atoms with E-state index in [0.29, 0.717) is 0 Å². The van der Waals surface area contributed by atoms with Crippen molar-refractivity contribution in [3.05, 3.63) is 35.4 Å². The van der Waals surface area contributed by atoms with Gasteiger partial charge in [0, 0.05) is 5.02 Å². The molecule has 1 saturated carbocycles. The van der Waals surface area contributed by atoms with Gasteiger partial charge in [-0.25, -0.2) is 0 Å². The van der Waals surface area contributed by atoms with Crippen molar-refractivity contribution in [2.75, 3.05) is 0 Å². The van der Waals surface area contributed by atoms with Gasteiger partial charge < -0.3 is 0 Å². The van der Waals surface area contributed by atoms with Crippen molar-refractivity contribution in [1.29, 1.82) is 0 Å². The minimum atomic E-state index is 0.794. The number of hydrogen-bond donors (Lipinski definition) is 0. The summed E-state index contributed by atoms with van der Waals surface area (Å²) in [6.45, 7) is 0. The van der Waals surface area contributed by atoms with E-state index in [1.807, 2.05) is 30.3 Å². The van der Waals surface area contributed by atoms with E-state index in [9.17, 15) is 0 Å². The van der Waals surface area contributed by atoms with E-state index in [2.05, 4.69) is 0 Å². The fraction of sp³-hybridized carbons (Fsp3) is 0.500. The fourth-order valence-corrected chi connectivity index (χ4v) is 1.62. The summed E-state index contributed by atoms with van der Waals surface area (Å²) in [5.74, 6) is 0. The summed E-state index contributed by atoms with van der Waals surface area (Å²) in [6, 6.07) is 9.44. The Morgan fingerprint density at radius 1 is 0.692 bits per heavy atom. The molecule has 0 heterocycles. The molecule has 0 radical (unpaired) electrons. The second kappa shape index (κ2) is 6.97. The van der Waals surface area contributed by atoms with Crippen LogP contribution >= 0.6 is 11.6 Å². The van der Waals surface area contributed by atoms with Crippen molar-refractivity contribution >= 4 is 11.6 Å². The van der Waals surface area contributed by atoms with Crippen LogP contribution in [0.3, 0.4) is 0 Å². The van der Waals surface area contributed by atoms with Crippen molar-refractivity contribution in [3.8, 4) is 0 Å². The Balaban J connectivity index is 0.000000132. The predicted octanol–water partition coefficient (Wildman–Crippen LogP) is 4.68. The zero-order valence-electron chi connectivity index (χ0n) is 8.01. The summed E-state index contributed by atoms with van der Waals surface area (Å²) < 4.78 is 0. The van der Waals surface area contributed by atoms with Crippen molar-refractivity contribution < 1.29 is 0 Å². The predicted molar refractivity (Wildman–Crippen MR) is 59.2 cm³/mol. The van der Waals surface area contributed by atoms with Gasteiger partial charge in [0.2, 0.25) is 0 Å². The number of benzene rings is 1. The van der Waals surface area contributed by atoms with Gasteiger partial charge in [-0.15, -0.1) is 0 Å². The zero-order chi connectivity index (χ0) is 9.36. The van der Waals surface area contributed by atoms with Crippen LogP contribution in [0.1, 0.15) is 38.5 Å². The molecule has 1 aromatic carbocycles. The van der Waals surface area contributed by atoms with E-state index in [1.54, 1.807) is 0 Å². The second-order valence-electron chi connectivity index (χ2n) is 3.42. The average molecular weight is 197 g/mol. The Kier molecular flexibility index (Phi) is 5.67. The van der Waals surface area contributed by atoms with Crippen molar-refractivity contribution in [2.45, 2.75) is 38.5 Å². The van der Waals surface area contributed by atoms with Crippen LogP contribution < -0.4 is 0 Å². The Morgan fingerprint density at radius 2 is 1.08 bits per heavy atom. The topological polar surface area (TPSA) is 0 Å². The van der Waals surface area contributed by atoms with Crippen LogP contribution in [0.2, 0.25) is 5.02 Å². The number of halogens is 1. The first kappa shape index (κ1) is 10.6. The lowest BCUT2D eigenvalue weighted by atomic mass is 10.0. The van der Waals surface area contributed by atoms with E-state index >= 15 is 0 Å². The molecular weight excluding hydrogens is 180 g/mol. The van der Waals surface area contributed by atoms with Crippen molar-refractivity contribution in [1.82, 2.24) is 0 Å². The lowest BCUT2D eigenvalue weighted by molar-refractivity contribution is 0.504. The maximum absolute atomic E-state index is 5.54. The summed E-state index contributed by atoms with van der Waals surface area (Å²) in [4.78, 5) is 0. The molecule has 1 aliphatic rings. The maximum Gasteiger partial charge on any atom is 0.0405 e. The Morgan fingerprint density at radius 3 is 1.31 bits per heavy atom. The van der Waals surface area contributed by atoms with Crippen LogP contribution in [0, 0.1) is 0 Å². The molecule has 0 spiro atoms. The summed E-state index contributed by atoms with van der Waals surface area (Å²) in [5, 5.41) is 0.794. The van der Waals surface area contributed by atoms with Gasteiger partial charge in [-0.3, -0.25) is 0 Å². The van der Waals surface area contributed by atoms with Crippen LogP contribution in [-0.2, 0) is 0 Å². The molecule has 1 aromatic rings. The highest BCUT2D eigenvalue weighted by Crippen LogP contribution is 2.15. The van der Waals surface area contributed by atoms with Crippen molar-refractivity contribution in [2.24, 2.45) is 0 Å². The lowest BCUT2D eigenvalue weighted by Gasteiger charge is -2.05. The summed E-state index contributed by atoms with van der Waals surface area (Å²) >= 11 is 5.54. The minimum Gasteiger partial charge on any atom is -0.0843 e. The Hall–Kier alpha value is -0.490. The van der Waals surface area contributed by atoms with E-state index in [0.717, 1.165) is 5.02 Å². The lowest BCUT2D eigenvalue weighted by Crippen LogP contribution is -1.85. The molecule has 0 unspecified atom stereocenters. The molecule has 0 N–H and O–H groups in total. The number of hydrogen-bond acceptors (Lipinski definition) is 0. The highest BCUT2D eigenvalue weighted by atomic mass is 35.5. The highest BCUT2D eigenvalue weighted by Gasteiger charge is 1.95. The minimum absolute atomic E-state index is 0.794. The normalized spacial score (nSPS) is 15.8. The van der Waals surface area contributed by atoms with E-state index in [1.165, 1.54) is 38.5 Å². The molecule has 1 aliphatic carbocycles. The van der Waals surface area contributed by atoms with Crippen LogP contribution in [-0.4, -0.2) is 0 Å². The summed E-state index contributed by atoms with van der Waals surface area (Å²) in [7, 11) is 0. The molecule has 1 fully saturated rings. The van der Waals surface area contributed by atoms with Gasteiger partial charge in [0.15, 0.2) is 0 Å².